The summed E-state index contributed by atoms with van der Waals surface area (Å²) in [5, 5.41) is 23.3. The molecule has 1 unspecified atom stereocenters. The van der Waals surface area contributed by atoms with Crippen LogP contribution in [0.1, 0.15) is 23.7 Å². The minimum absolute atomic E-state index is 0.121. The van der Waals surface area contributed by atoms with Crippen LogP contribution in [0, 0.1) is 22.7 Å². The van der Waals surface area contributed by atoms with Gasteiger partial charge in [-0.15, -0.1) is 0 Å². The van der Waals surface area contributed by atoms with Gasteiger partial charge in [0.25, 0.3) is 0 Å². The van der Waals surface area contributed by atoms with Gasteiger partial charge in [-0.2, -0.15) is 20.5 Å². The van der Waals surface area contributed by atoms with Crippen LogP contribution in [0.4, 0.5) is 0 Å². The Morgan fingerprint density at radius 3 is 1.90 bits per heavy atom. The highest BCUT2D eigenvalue weighted by molar-refractivity contribution is 6.18. The molecule has 1 atom stereocenters. The largest absolute Gasteiger partial charge is 0.309 e. The van der Waals surface area contributed by atoms with Gasteiger partial charge in [0, 0.05) is 44.3 Å². The topological polar surface area (TPSA) is 96.1 Å². The van der Waals surface area contributed by atoms with Crippen molar-refractivity contribution in [3.63, 3.8) is 0 Å². The zero-order valence-corrected chi connectivity index (χ0v) is 25.6. The molecule has 0 bridgehead atoms. The van der Waals surface area contributed by atoms with E-state index in [-0.39, 0.29) is 5.92 Å². The van der Waals surface area contributed by atoms with Crippen LogP contribution in [0.5, 0.6) is 0 Å². The van der Waals surface area contributed by atoms with Crippen LogP contribution in [-0.2, 0) is 0 Å². The third-order valence-electron chi connectivity index (χ3n) is 9.15. The van der Waals surface area contributed by atoms with Gasteiger partial charge in [0.15, 0.2) is 5.82 Å². The fourth-order valence-corrected chi connectivity index (χ4v) is 6.87. The number of para-hydroxylation sites is 3. The third-order valence-corrected chi connectivity index (χ3v) is 9.15. The zero-order chi connectivity index (χ0) is 32.2. The van der Waals surface area contributed by atoms with E-state index in [0.29, 0.717) is 35.2 Å². The molecule has 224 valence electrons. The van der Waals surface area contributed by atoms with Gasteiger partial charge in [0.05, 0.1) is 39.8 Å². The Morgan fingerprint density at radius 1 is 0.604 bits per heavy atom. The van der Waals surface area contributed by atoms with Crippen molar-refractivity contribution in [3.05, 3.63) is 150 Å². The Labute approximate surface area is 275 Å². The van der Waals surface area contributed by atoms with E-state index < -0.39 is 0 Å². The van der Waals surface area contributed by atoms with Crippen LogP contribution in [0.15, 0.2) is 139 Å². The van der Waals surface area contributed by atoms with Crippen molar-refractivity contribution in [3.8, 4) is 35.2 Å². The minimum Gasteiger partial charge on any atom is -0.309 e. The molecule has 48 heavy (non-hydrogen) atoms. The molecule has 5 aromatic carbocycles. The van der Waals surface area contributed by atoms with Gasteiger partial charge in [0.2, 0.25) is 5.95 Å². The van der Waals surface area contributed by atoms with E-state index >= 15 is 0 Å². The standard InChI is InChI=1S/C41H25N7/c42-24-26-14-18-28(19-15-26)39-44-40(29-20-16-27(25-43)17-21-29)46-41(45-39)48-36-13-7-5-11-32(36)34-22-37-33(23-38(34)48)31-10-4-6-12-35(31)47(37)30-8-2-1-3-9-30/h1-20,22-23,29H,21H2. The van der Waals surface area contributed by atoms with Gasteiger partial charge < -0.3 is 4.57 Å². The van der Waals surface area contributed by atoms with Crippen molar-refractivity contribution in [1.29, 1.82) is 10.5 Å². The molecule has 8 aromatic rings. The summed E-state index contributed by atoms with van der Waals surface area (Å²) in [7, 11) is 0. The van der Waals surface area contributed by atoms with Crippen molar-refractivity contribution in [2.24, 2.45) is 0 Å². The van der Waals surface area contributed by atoms with Gasteiger partial charge >= 0.3 is 0 Å². The van der Waals surface area contributed by atoms with E-state index in [0.717, 1.165) is 54.9 Å². The highest BCUT2D eigenvalue weighted by atomic mass is 15.2. The fourth-order valence-electron chi connectivity index (χ4n) is 6.87. The molecular weight excluding hydrogens is 591 g/mol. The van der Waals surface area contributed by atoms with Crippen LogP contribution >= 0.6 is 0 Å². The number of benzene rings is 5. The second kappa shape index (κ2) is 10.9. The molecule has 7 nitrogen and oxygen atoms in total. The summed E-state index contributed by atoms with van der Waals surface area (Å²) in [6.07, 6.45) is 6.37. The van der Waals surface area contributed by atoms with E-state index in [1.807, 2.05) is 42.5 Å². The molecule has 0 amide bonds. The van der Waals surface area contributed by atoms with Crippen LogP contribution in [0.25, 0.3) is 66.6 Å². The maximum atomic E-state index is 9.42. The lowest BCUT2D eigenvalue weighted by Gasteiger charge is -2.16. The molecular formula is C41H25N7. The lowest BCUT2D eigenvalue weighted by molar-refractivity contribution is 0.747. The Morgan fingerprint density at radius 2 is 1.25 bits per heavy atom. The van der Waals surface area contributed by atoms with Gasteiger partial charge in [0.1, 0.15) is 5.82 Å². The summed E-state index contributed by atoms with van der Waals surface area (Å²) in [5.74, 6) is 1.54. The first-order valence-corrected chi connectivity index (χ1v) is 15.8. The number of allylic oxidation sites excluding steroid dienone is 4. The van der Waals surface area contributed by atoms with Gasteiger partial charge in [-0.3, -0.25) is 4.57 Å². The smallest absolute Gasteiger partial charge is 0.238 e. The molecule has 0 spiro atoms. The van der Waals surface area contributed by atoms with E-state index in [1.165, 1.54) is 0 Å². The number of rotatable bonds is 4. The van der Waals surface area contributed by atoms with Crippen molar-refractivity contribution < 1.29 is 0 Å². The van der Waals surface area contributed by atoms with Crippen molar-refractivity contribution in [1.82, 2.24) is 24.1 Å². The Hall–Kier alpha value is -6.83. The van der Waals surface area contributed by atoms with E-state index in [9.17, 15) is 10.5 Å². The van der Waals surface area contributed by atoms with E-state index in [2.05, 4.69) is 100 Å². The lowest BCUT2D eigenvalue weighted by Crippen LogP contribution is -2.11. The number of hydrogen-bond donors (Lipinski definition) is 0. The summed E-state index contributed by atoms with van der Waals surface area (Å²) in [5.41, 5.74) is 7.35. The highest BCUT2D eigenvalue weighted by Crippen LogP contribution is 2.39. The molecule has 0 fully saturated rings. The van der Waals surface area contributed by atoms with Crippen LogP contribution in [-0.4, -0.2) is 24.1 Å². The predicted molar refractivity (Wildman–Crippen MR) is 189 cm³/mol. The molecule has 3 aromatic heterocycles. The second-order valence-corrected chi connectivity index (χ2v) is 11.9. The first-order chi connectivity index (χ1) is 23.7. The van der Waals surface area contributed by atoms with E-state index in [1.54, 1.807) is 12.1 Å². The maximum absolute atomic E-state index is 9.42. The number of aromatic nitrogens is 5. The summed E-state index contributed by atoms with van der Waals surface area (Å²) in [6, 6.07) is 43.6. The monoisotopic (exact) mass is 615 g/mol. The molecule has 9 rings (SSSR count). The Kier molecular flexibility index (Phi) is 6.24. The number of hydrogen-bond acceptors (Lipinski definition) is 5. The summed E-state index contributed by atoms with van der Waals surface area (Å²) in [4.78, 5) is 15.2. The molecule has 0 radical (unpaired) electrons. The third kappa shape index (κ3) is 4.30. The number of nitrogens with zero attached hydrogens (tertiary/aromatic N) is 7. The summed E-state index contributed by atoms with van der Waals surface area (Å²) >= 11 is 0. The van der Waals surface area contributed by atoms with Crippen LogP contribution in [0.3, 0.4) is 0 Å². The summed E-state index contributed by atoms with van der Waals surface area (Å²) in [6.45, 7) is 0. The lowest BCUT2D eigenvalue weighted by atomic mass is 9.96. The van der Waals surface area contributed by atoms with Gasteiger partial charge in [-0.25, -0.2) is 4.98 Å². The molecule has 1 aliphatic carbocycles. The fraction of sp³-hybridized carbons (Fsp3) is 0.0488. The highest BCUT2D eigenvalue weighted by Gasteiger charge is 2.23. The Balaban J connectivity index is 1.34. The van der Waals surface area contributed by atoms with Crippen LogP contribution < -0.4 is 0 Å². The molecule has 0 saturated heterocycles. The molecule has 7 heteroatoms. The number of nitriles is 2. The second-order valence-electron chi connectivity index (χ2n) is 11.9. The zero-order valence-electron chi connectivity index (χ0n) is 25.6. The molecule has 0 N–H and O–H groups in total. The van der Waals surface area contributed by atoms with Gasteiger partial charge in [-0.1, -0.05) is 66.7 Å². The van der Waals surface area contributed by atoms with Gasteiger partial charge in [-0.05, 0) is 73.2 Å². The normalized spacial score (nSPS) is 14.4. The Bertz CT molecular complexity index is 2720. The molecule has 1 aliphatic rings. The molecule has 0 aliphatic heterocycles. The SMILES string of the molecule is N#CC1=CCC(c2nc(-c3ccc(C#N)cc3)nc(-n3c4ccccc4c4cc5c(cc43)c3ccccc3n5-c3ccccc3)n2)C=C1. The quantitative estimate of drug-likeness (QED) is 0.197. The van der Waals surface area contributed by atoms with Crippen molar-refractivity contribution in [2.45, 2.75) is 12.3 Å². The number of fused-ring (bicyclic) bond motifs is 6. The predicted octanol–water partition coefficient (Wildman–Crippen LogP) is 9.10. The minimum atomic E-state index is -0.121. The van der Waals surface area contributed by atoms with Crippen molar-refractivity contribution >= 4 is 43.6 Å². The molecule has 0 saturated carbocycles. The maximum Gasteiger partial charge on any atom is 0.238 e. The first-order valence-electron chi connectivity index (χ1n) is 15.8. The van der Waals surface area contributed by atoms with Crippen LogP contribution in [0.2, 0.25) is 0 Å². The average Bonchev–Trinajstić information content (AvgIpc) is 3.66. The van der Waals surface area contributed by atoms with Crippen molar-refractivity contribution in [2.75, 3.05) is 0 Å². The average molecular weight is 616 g/mol. The summed E-state index contributed by atoms with van der Waals surface area (Å²) < 4.78 is 4.47. The molecule has 3 heterocycles. The van der Waals surface area contributed by atoms with E-state index in [4.69, 9.17) is 15.0 Å². The first kappa shape index (κ1) is 27.5.